The fourth-order valence-corrected chi connectivity index (χ4v) is 1.86. The summed E-state index contributed by atoms with van der Waals surface area (Å²) in [7, 11) is 1.47. The van der Waals surface area contributed by atoms with Gasteiger partial charge < -0.3 is 9.64 Å². The van der Waals surface area contributed by atoms with Gasteiger partial charge in [0.2, 0.25) is 0 Å². The lowest BCUT2D eigenvalue weighted by Crippen LogP contribution is -2.27. The lowest BCUT2D eigenvalue weighted by molar-refractivity contribution is -0.384. The number of nitro groups is 1. The molecule has 2 rings (SSSR count). The minimum atomic E-state index is -2.62. The zero-order valence-corrected chi connectivity index (χ0v) is 12.6. The first-order valence-electron chi connectivity index (χ1n) is 6.78. The second-order valence-corrected chi connectivity index (χ2v) is 4.72. The highest BCUT2D eigenvalue weighted by Gasteiger charge is 2.17. The Morgan fingerprint density at radius 3 is 2.58 bits per heavy atom. The van der Waals surface area contributed by atoms with Crippen LogP contribution in [-0.4, -0.2) is 35.9 Å². The Kier molecular flexibility index (Phi) is 5.35. The molecule has 1 heterocycles. The van der Waals surface area contributed by atoms with Crippen LogP contribution in [0.5, 0.6) is 5.75 Å². The van der Waals surface area contributed by atoms with Gasteiger partial charge in [0.25, 0.3) is 18.0 Å². The minimum Gasteiger partial charge on any atom is -0.488 e. The van der Waals surface area contributed by atoms with Crippen molar-refractivity contribution in [3.63, 3.8) is 0 Å². The highest BCUT2D eigenvalue weighted by Crippen LogP contribution is 2.20. The van der Waals surface area contributed by atoms with E-state index in [4.69, 9.17) is 4.74 Å². The largest absolute Gasteiger partial charge is 0.488 e. The van der Waals surface area contributed by atoms with Crippen LogP contribution in [0, 0.1) is 10.1 Å². The fraction of sp³-hybridized carbons (Fsp3) is 0.200. The van der Waals surface area contributed by atoms with E-state index in [2.05, 4.69) is 4.98 Å². The van der Waals surface area contributed by atoms with Crippen LogP contribution < -0.4 is 9.64 Å². The summed E-state index contributed by atoms with van der Waals surface area (Å²) < 4.78 is 29.2. The van der Waals surface area contributed by atoms with Crippen LogP contribution in [0.2, 0.25) is 0 Å². The van der Waals surface area contributed by atoms with Gasteiger partial charge in [0.05, 0.1) is 4.92 Å². The second-order valence-electron chi connectivity index (χ2n) is 4.72. The quantitative estimate of drug-likeness (QED) is 0.597. The normalized spacial score (nSPS) is 10.5. The van der Waals surface area contributed by atoms with Crippen LogP contribution in [0.15, 0.2) is 42.6 Å². The Labute approximate surface area is 135 Å². The van der Waals surface area contributed by atoms with Gasteiger partial charge in [-0.25, -0.2) is 8.78 Å². The molecule has 0 saturated heterocycles. The zero-order chi connectivity index (χ0) is 17.7. The molecule has 1 aromatic carbocycles. The summed E-state index contributed by atoms with van der Waals surface area (Å²) in [6.45, 7) is -0.782. The average molecular weight is 337 g/mol. The summed E-state index contributed by atoms with van der Waals surface area (Å²) in [5.41, 5.74) is 0.328. The summed E-state index contributed by atoms with van der Waals surface area (Å²) in [4.78, 5) is 27.6. The van der Waals surface area contributed by atoms with Crippen molar-refractivity contribution in [2.75, 3.05) is 18.6 Å². The molecule has 1 amide bonds. The predicted molar refractivity (Wildman–Crippen MR) is 81.6 cm³/mol. The number of nitro benzene ring substituents is 1. The highest BCUT2D eigenvalue weighted by atomic mass is 19.3. The van der Waals surface area contributed by atoms with E-state index in [9.17, 15) is 23.7 Å². The Balaban J connectivity index is 2.15. The van der Waals surface area contributed by atoms with Crippen molar-refractivity contribution in [1.29, 1.82) is 0 Å². The van der Waals surface area contributed by atoms with Crippen LogP contribution in [-0.2, 0) is 0 Å². The first-order chi connectivity index (χ1) is 11.4. The Bertz CT molecular complexity index is 738. The lowest BCUT2D eigenvalue weighted by Gasteiger charge is -2.17. The molecular weight excluding hydrogens is 324 g/mol. The number of non-ortho nitro benzene ring substituents is 1. The van der Waals surface area contributed by atoms with Gasteiger partial charge in [0.1, 0.15) is 18.1 Å². The van der Waals surface area contributed by atoms with E-state index in [0.29, 0.717) is 5.69 Å². The number of ether oxygens (including phenoxy) is 1. The van der Waals surface area contributed by atoms with Crippen LogP contribution in [0.4, 0.5) is 20.2 Å². The van der Waals surface area contributed by atoms with E-state index in [1.807, 2.05) is 0 Å². The summed E-state index contributed by atoms with van der Waals surface area (Å²) in [5.74, 6) is -0.405. The molecular formula is C15H13F2N3O4. The second kappa shape index (κ2) is 7.44. The molecule has 0 bridgehead atoms. The number of hydrogen-bond donors (Lipinski definition) is 0. The summed E-state index contributed by atoms with van der Waals surface area (Å²) in [6.07, 6.45) is -1.35. The number of benzene rings is 1. The van der Waals surface area contributed by atoms with Crippen LogP contribution in [0.3, 0.4) is 0 Å². The molecule has 0 fully saturated rings. The summed E-state index contributed by atoms with van der Waals surface area (Å²) in [6, 6.07) is 8.02. The monoisotopic (exact) mass is 337 g/mol. The molecule has 2 aromatic rings. The maximum absolute atomic E-state index is 12.4. The number of hydrogen-bond acceptors (Lipinski definition) is 5. The van der Waals surface area contributed by atoms with Crippen molar-refractivity contribution in [3.8, 4) is 5.75 Å². The number of aromatic nitrogens is 1. The number of anilines is 1. The van der Waals surface area contributed by atoms with E-state index < -0.39 is 23.9 Å². The van der Waals surface area contributed by atoms with Gasteiger partial charge in [-0.15, -0.1) is 0 Å². The standard InChI is InChI=1S/C15H13F2N3O4/c1-19(10-2-4-11(5-3-10)20(22)23)15(21)13-8-12(6-7-18-13)24-9-14(16)17/h2-8,14H,9H2,1H3. The number of alkyl halides is 2. The number of carbonyl (C=O) groups is 1. The van der Waals surface area contributed by atoms with Gasteiger partial charge >= 0.3 is 0 Å². The third kappa shape index (κ3) is 4.22. The SMILES string of the molecule is CN(C(=O)c1cc(OCC(F)F)ccn1)c1ccc([N+](=O)[O-])cc1. The number of nitrogens with zero attached hydrogens (tertiary/aromatic N) is 3. The van der Waals surface area contributed by atoms with Crippen molar-refractivity contribution >= 4 is 17.3 Å². The zero-order valence-electron chi connectivity index (χ0n) is 12.6. The van der Waals surface area contributed by atoms with E-state index in [0.717, 1.165) is 0 Å². The van der Waals surface area contributed by atoms with Gasteiger partial charge in [-0.2, -0.15) is 0 Å². The molecule has 0 saturated carbocycles. The molecule has 0 atom stereocenters. The maximum atomic E-state index is 12.4. The molecule has 7 nitrogen and oxygen atoms in total. The van der Waals surface area contributed by atoms with Crippen molar-refractivity contribution < 1.29 is 23.2 Å². The topological polar surface area (TPSA) is 85.6 Å². The number of amides is 1. The number of carbonyl (C=O) groups excluding carboxylic acids is 1. The van der Waals surface area contributed by atoms with Crippen LogP contribution >= 0.6 is 0 Å². The Morgan fingerprint density at radius 1 is 1.33 bits per heavy atom. The van der Waals surface area contributed by atoms with Gasteiger partial charge in [-0.1, -0.05) is 0 Å². The van der Waals surface area contributed by atoms with Crippen LogP contribution in [0.25, 0.3) is 0 Å². The van der Waals surface area contributed by atoms with E-state index in [1.165, 1.54) is 54.5 Å². The van der Waals surface area contributed by atoms with E-state index in [-0.39, 0.29) is 17.1 Å². The van der Waals surface area contributed by atoms with Crippen molar-refractivity contribution in [1.82, 2.24) is 4.98 Å². The maximum Gasteiger partial charge on any atom is 0.276 e. The van der Waals surface area contributed by atoms with E-state index >= 15 is 0 Å². The number of pyridine rings is 1. The fourth-order valence-electron chi connectivity index (χ4n) is 1.86. The van der Waals surface area contributed by atoms with Gasteiger partial charge in [0, 0.05) is 37.1 Å². The van der Waals surface area contributed by atoms with Crippen molar-refractivity contribution in [3.05, 3.63) is 58.4 Å². The molecule has 0 spiro atoms. The van der Waals surface area contributed by atoms with Crippen molar-refractivity contribution in [2.45, 2.75) is 6.43 Å². The molecule has 0 radical (unpaired) electrons. The summed E-state index contributed by atoms with van der Waals surface area (Å²) in [5, 5.41) is 10.6. The molecule has 24 heavy (non-hydrogen) atoms. The van der Waals surface area contributed by atoms with Crippen LogP contribution in [0.1, 0.15) is 10.5 Å². The number of halogens is 2. The van der Waals surface area contributed by atoms with Gasteiger partial charge in [-0.3, -0.25) is 19.9 Å². The van der Waals surface area contributed by atoms with Gasteiger partial charge in [-0.05, 0) is 18.2 Å². The molecule has 0 unspecified atom stereocenters. The molecule has 0 aliphatic heterocycles. The predicted octanol–water partition coefficient (Wildman–Crippen LogP) is 2.91. The molecule has 126 valence electrons. The Hall–Kier alpha value is -3.10. The third-order valence-corrected chi connectivity index (χ3v) is 3.08. The highest BCUT2D eigenvalue weighted by molar-refractivity contribution is 6.04. The van der Waals surface area contributed by atoms with E-state index in [1.54, 1.807) is 0 Å². The third-order valence-electron chi connectivity index (χ3n) is 3.08. The molecule has 0 aliphatic rings. The summed E-state index contributed by atoms with van der Waals surface area (Å²) >= 11 is 0. The molecule has 0 N–H and O–H groups in total. The number of rotatable bonds is 6. The average Bonchev–Trinajstić information content (AvgIpc) is 2.59. The molecule has 0 aliphatic carbocycles. The Morgan fingerprint density at radius 2 is 2.00 bits per heavy atom. The van der Waals surface area contributed by atoms with Gasteiger partial charge in [0.15, 0.2) is 0 Å². The van der Waals surface area contributed by atoms with Crippen molar-refractivity contribution in [2.24, 2.45) is 0 Å². The first-order valence-corrected chi connectivity index (χ1v) is 6.78. The lowest BCUT2D eigenvalue weighted by atomic mass is 10.2. The first kappa shape index (κ1) is 17.3. The smallest absolute Gasteiger partial charge is 0.276 e. The molecule has 9 heteroatoms. The minimum absolute atomic E-state index is 0.00243. The molecule has 1 aromatic heterocycles.